The predicted octanol–water partition coefficient (Wildman–Crippen LogP) is 7.79. The van der Waals surface area contributed by atoms with Gasteiger partial charge in [-0.15, -0.1) is 0 Å². The molecule has 0 radical (unpaired) electrons. The molecular weight excluding hydrogens is 333 g/mol. The van der Waals surface area contributed by atoms with Crippen LogP contribution in [0.2, 0.25) is 0 Å². The summed E-state index contributed by atoms with van der Waals surface area (Å²) in [5.74, 6) is 2.16. The second kappa shape index (κ2) is 9.61. The van der Waals surface area contributed by atoms with Crippen molar-refractivity contribution in [3.63, 3.8) is 0 Å². The summed E-state index contributed by atoms with van der Waals surface area (Å²) in [5.41, 5.74) is 2.60. The van der Waals surface area contributed by atoms with Crippen molar-refractivity contribution in [2.45, 2.75) is 104 Å². The van der Waals surface area contributed by atoms with Crippen LogP contribution >= 0.6 is 0 Å². The van der Waals surface area contributed by atoms with Gasteiger partial charge in [0.15, 0.2) is 0 Å². The van der Waals surface area contributed by atoms with Gasteiger partial charge in [0, 0.05) is 24.9 Å². The fraction of sp³-hybridized carbons (Fsp3) is 0.840. The van der Waals surface area contributed by atoms with E-state index in [2.05, 4.69) is 31.7 Å². The minimum atomic E-state index is 0.122. The molecule has 1 nitrogen and oxygen atoms in total. The van der Waals surface area contributed by atoms with Crippen LogP contribution in [-0.4, -0.2) is 18.0 Å². The van der Waals surface area contributed by atoms with Crippen LogP contribution in [0.25, 0.3) is 0 Å². The average Bonchev–Trinajstić information content (AvgIpc) is 2.68. The van der Waals surface area contributed by atoms with Crippen LogP contribution in [0.3, 0.4) is 0 Å². The maximum absolute atomic E-state index is 14.0. The summed E-state index contributed by atoms with van der Waals surface area (Å²) in [7, 11) is 0. The van der Waals surface area contributed by atoms with Crippen molar-refractivity contribution in [1.29, 1.82) is 0 Å². The van der Waals surface area contributed by atoms with Gasteiger partial charge in [0.05, 0.1) is 5.70 Å². The van der Waals surface area contributed by atoms with Crippen LogP contribution in [0.1, 0.15) is 104 Å². The van der Waals surface area contributed by atoms with Gasteiger partial charge in [0.25, 0.3) is 0 Å². The van der Waals surface area contributed by atoms with Gasteiger partial charge in [-0.1, -0.05) is 64.9 Å². The van der Waals surface area contributed by atoms with Gasteiger partial charge < -0.3 is 4.90 Å². The summed E-state index contributed by atoms with van der Waals surface area (Å²) >= 11 is 0. The van der Waals surface area contributed by atoms with Crippen LogP contribution in [0, 0.1) is 17.3 Å². The topological polar surface area (TPSA) is 3.24 Å². The summed E-state index contributed by atoms with van der Waals surface area (Å²) in [6.07, 6.45) is 19.4. The van der Waals surface area contributed by atoms with Gasteiger partial charge >= 0.3 is 0 Å². The van der Waals surface area contributed by atoms with E-state index in [0.717, 1.165) is 42.6 Å². The first kappa shape index (κ1) is 20.9. The lowest BCUT2D eigenvalue weighted by Gasteiger charge is -2.55. The minimum Gasteiger partial charge on any atom is -0.368 e. The molecule has 0 aromatic heterocycles. The molecule has 1 heterocycles. The van der Waals surface area contributed by atoms with Crippen molar-refractivity contribution in [3.8, 4) is 0 Å². The smallest absolute Gasteiger partial charge is 0.124 e. The molecule has 3 fully saturated rings. The third-order valence-electron chi connectivity index (χ3n) is 7.86. The Balaban J connectivity index is 0.000000221. The Hall–Kier alpha value is -0.790. The molecule has 0 aromatic carbocycles. The minimum absolute atomic E-state index is 0.122. The summed E-state index contributed by atoms with van der Waals surface area (Å²) in [5, 5.41) is 0. The number of nitrogens with zero attached hydrogens (tertiary/aromatic N) is 1. The third-order valence-corrected chi connectivity index (χ3v) is 7.86. The number of halogens is 1. The SMILES string of the molecule is CCC1CCC2(CC1)CN(C1=C(F)CCC=C1C)C2.CCC1CCCCC1. The molecule has 2 heteroatoms. The number of rotatable bonds is 3. The molecule has 154 valence electrons. The molecule has 4 rings (SSSR count). The highest BCUT2D eigenvalue weighted by molar-refractivity contribution is 5.35. The van der Waals surface area contributed by atoms with Crippen molar-refractivity contribution in [2.24, 2.45) is 17.3 Å². The first-order valence-electron chi connectivity index (χ1n) is 11.9. The highest BCUT2D eigenvalue weighted by Gasteiger charge is 2.46. The molecule has 0 amide bonds. The van der Waals surface area contributed by atoms with Gasteiger partial charge in [-0.3, -0.25) is 0 Å². The van der Waals surface area contributed by atoms with Crippen LogP contribution in [0.15, 0.2) is 23.2 Å². The Morgan fingerprint density at radius 1 is 0.963 bits per heavy atom. The first-order valence-corrected chi connectivity index (χ1v) is 11.9. The lowest BCUT2D eigenvalue weighted by atomic mass is 9.65. The molecule has 0 aromatic rings. The van der Waals surface area contributed by atoms with Gasteiger partial charge in [-0.25, -0.2) is 4.39 Å². The van der Waals surface area contributed by atoms with Gasteiger partial charge in [0.2, 0.25) is 0 Å². The quantitative estimate of drug-likeness (QED) is 0.486. The van der Waals surface area contributed by atoms with Crippen molar-refractivity contribution < 1.29 is 4.39 Å². The summed E-state index contributed by atoms with van der Waals surface area (Å²) in [6, 6.07) is 0. The molecule has 2 saturated carbocycles. The van der Waals surface area contributed by atoms with E-state index in [0.29, 0.717) is 11.8 Å². The van der Waals surface area contributed by atoms with Gasteiger partial charge in [-0.05, 0) is 56.4 Å². The second-order valence-electron chi connectivity index (χ2n) is 9.80. The number of likely N-dealkylation sites (tertiary alicyclic amines) is 1. The molecule has 4 aliphatic rings. The van der Waals surface area contributed by atoms with Crippen molar-refractivity contribution in [1.82, 2.24) is 4.90 Å². The van der Waals surface area contributed by atoms with E-state index in [4.69, 9.17) is 0 Å². The molecule has 3 aliphatic carbocycles. The zero-order valence-corrected chi connectivity index (χ0v) is 18.2. The van der Waals surface area contributed by atoms with E-state index in [9.17, 15) is 4.39 Å². The molecule has 27 heavy (non-hydrogen) atoms. The molecule has 1 spiro atoms. The lowest BCUT2D eigenvalue weighted by Crippen LogP contribution is -2.57. The second-order valence-corrected chi connectivity index (χ2v) is 9.80. The van der Waals surface area contributed by atoms with E-state index >= 15 is 0 Å². The maximum Gasteiger partial charge on any atom is 0.124 e. The Bertz CT molecular complexity index is 525. The standard InChI is InChI=1S/C17H26FN.C8H16/c1-3-14-7-9-17(10-8-14)11-19(12-17)16-13(2)5-4-6-15(16)18;1-2-8-6-4-3-5-7-8/h5,14H,3-4,6-12H2,1-2H3;8H,2-7H2,1H3. The molecule has 1 aliphatic heterocycles. The van der Waals surface area contributed by atoms with Crippen molar-refractivity contribution >= 4 is 0 Å². The Labute approximate surface area is 167 Å². The molecular formula is C25H42FN. The molecule has 0 unspecified atom stereocenters. The number of allylic oxidation sites excluding steroid dienone is 3. The number of hydrogen-bond donors (Lipinski definition) is 0. The zero-order valence-electron chi connectivity index (χ0n) is 18.2. The van der Waals surface area contributed by atoms with E-state index in [1.165, 1.54) is 70.6 Å². The van der Waals surface area contributed by atoms with E-state index in [1.807, 2.05) is 0 Å². The van der Waals surface area contributed by atoms with E-state index < -0.39 is 0 Å². The highest BCUT2D eigenvalue weighted by atomic mass is 19.1. The average molecular weight is 376 g/mol. The monoisotopic (exact) mass is 375 g/mol. The number of hydrogen-bond acceptors (Lipinski definition) is 1. The Morgan fingerprint density at radius 3 is 2.07 bits per heavy atom. The molecule has 0 atom stereocenters. The highest BCUT2D eigenvalue weighted by Crippen LogP contribution is 2.49. The van der Waals surface area contributed by atoms with Crippen molar-refractivity contribution in [3.05, 3.63) is 23.2 Å². The fourth-order valence-corrected chi connectivity index (χ4v) is 5.80. The largest absolute Gasteiger partial charge is 0.368 e. The van der Waals surface area contributed by atoms with Crippen LogP contribution in [-0.2, 0) is 0 Å². The van der Waals surface area contributed by atoms with Crippen LogP contribution in [0.5, 0.6) is 0 Å². The lowest BCUT2D eigenvalue weighted by molar-refractivity contribution is -0.0166. The summed E-state index contributed by atoms with van der Waals surface area (Å²) < 4.78 is 14.0. The third kappa shape index (κ3) is 5.18. The van der Waals surface area contributed by atoms with Crippen molar-refractivity contribution in [2.75, 3.05) is 13.1 Å². The molecule has 0 N–H and O–H groups in total. The molecule has 1 saturated heterocycles. The predicted molar refractivity (Wildman–Crippen MR) is 114 cm³/mol. The van der Waals surface area contributed by atoms with Crippen LogP contribution < -0.4 is 0 Å². The van der Waals surface area contributed by atoms with E-state index in [1.54, 1.807) is 0 Å². The first-order chi connectivity index (χ1) is 13.1. The molecule has 0 bridgehead atoms. The van der Waals surface area contributed by atoms with Gasteiger partial charge in [0.1, 0.15) is 5.83 Å². The van der Waals surface area contributed by atoms with E-state index in [-0.39, 0.29) is 5.83 Å². The normalized spacial score (nSPS) is 26.4. The van der Waals surface area contributed by atoms with Crippen LogP contribution in [0.4, 0.5) is 4.39 Å². The summed E-state index contributed by atoms with van der Waals surface area (Å²) in [6.45, 7) is 8.88. The fourth-order valence-electron chi connectivity index (χ4n) is 5.80. The Morgan fingerprint density at radius 2 is 1.56 bits per heavy atom. The maximum atomic E-state index is 14.0. The van der Waals surface area contributed by atoms with Gasteiger partial charge in [-0.2, -0.15) is 0 Å². The Kier molecular flexibility index (Phi) is 7.45. The zero-order chi connectivity index (χ0) is 19.3. The summed E-state index contributed by atoms with van der Waals surface area (Å²) in [4.78, 5) is 2.30.